The van der Waals surface area contributed by atoms with Gasteiger partial charge in [-0.2, -0.15) is 0 Å². The normalized spacial score (nSPS) is 30.1. The summed E-state index contributed by atoms with van der Waals surface area (Å²) >= 11 is 0. The third-order valence-corrected chi connectivity index (χ3v) is 3.24. The molecular formula is C11H21NO3. The first-order valence-corrected chi connectivity index (χ1v) is 5.71. The Labute approximate surface area is 90.9 Å². The number of piperidine rings is 1. The van der Waals surface area contributed by atoms with Gasteiger partial charge in [0.05, 0.1) is 6.10 Å². The molecule has 4 heteroatoms. The lowest BCUT2D eigenvalue weighted by Gasteiger charge is -2.37. The van der Waals surface area contributed by atoms with Crippen LogP contribution in [0.4, 0.5) is 0 Å². The molecule has 0 saturated carbocycles. The molecule has 3 atom stereocenters. The van der Waals surface area contributed by atoms with Gasteiger partial charge in [0.1, 0.15) is 6.04 Å². The Hall–Kier alpha value is -0.610. The van der Waals surface area contributed by atoms with Crippen molar-refractivity contribution in [1.29, 1.82) is 0 Å². The van der Waals surface area contributed by atoms with Crippen LogP contribution >= 0.6 is 0 Å². The fourth-order valence-corrected chi connectivity index (χ4v) is 2.09. The molecule has 0 radical (unpaired) electrons. The Balaban J connectivity index is 2.57. The summed E-state index contributed by atoms with van der Waals surface area (Å²) in [6.45, 7) is 5.28. The minimum atomic E-state index is -0.765. The first-order chi connectivity index (χ1) is 7.06. The lowest BCUT2D eigenvalue weighted by Crippen LogP contribution is -2.50. The van der Waals surface area contributed by atoms with Gasteiger partial charge in [0, 0.05) is 6.54 Å². The van der Waals surface area contributed by atoms with Crippen LogP contribution in [0.2, 0.25) is 0 Å². The summed E-state index contributed by atoms with van der Waals surface area (Å²) in [5.41, 5.74) is 0. The number of aliphatic carboxylic acids is 1. The van der Waals surface area contributed by atoms with Crippen LogP contribution in [0.3, 0.4) is 0 Å². The maximum atomic E-state index is 11.1. The third kappa shape index (κ3) is 3.18. The summed E-state index contributed by atoms with van der Waals surface area (Å²) in [6.07, 6.45) is 2.03. The Kier molecular flexibility index (Phi) is 4.54. The molecule has 4 nitrogen and oxygen atoms in total. The number of carboxylic acids is 1. The molecule has 1 aliphatic rings. The number of hydrogen-bond acceptors (Lipinski definition) is 3. The van der Waals surface area contributed by atoms with Crippen molar-refractivity contribution >= 4 is 5.97 Å². The van der Waals surface area contributed by atoms with E-state index in [0.29, 0.717) is 13.0 Å². The largest absolute Gasteiger partial charge is 0.480 e. The number of aliphatic hydroxyl groups is 1. The predicted molar refractivity (Wildman–Crippen MR) is 57.7 cm³/mol. The summed E-state index contributed by atoms with van der Waals surface area (Å²) in [7, 11) is 0. The number of likely N-dealkylation sites (tertiary alicyclic amines) is 1. The van der Waals surface area contributed by atoms with Gasteiger partial charge in [0.15, 0.2) is 0 Å². The second-order valence-corrected chi connectivity index (χ2v) is 4.47. The van der Waals surface area contributed by atoms with Gasteiger partial charge < -0.3 is 10.2 Å². The van der Waals surface area contributed by atoms with Gasteiger partial charge in [-0.05, 0) is 25.3 Å². The molecule has 0 aromatic heterocycles. The maximum Gasteiger partial charge on any atom is 0.320 e. The number of carboxylic acid groups (broad SMARTS) is 1. The maximum absolute atomic E-state index is 11.1. The number of nitrogens with zero attached hydrogens (tertiary/aromatic N) is 1. The minimum Gasteiger partial charge on any atom is -0.480 e. The van der Waals surface area contributed by atoms with Gasteiger partial charge in [-0.3, -0.25) is 9.69 Å². The first kappa shape index (κ1) is 12.5. The van der Waals surface area contributed by atoms with Crippen LogP contribution in [-0.4, -0.2) is 46.3 Å². The fraction of sp³-hybridized carbons (Fsp3) is 0.909. The average molecular weight is 215 g/mol. The van der Waals surface area contributed by atoms with Gasteiger partial charge in [0.25, 0.3) is 0 Å². The lowest BCUT2D eigenvalue weighted by molar-refractivity contribution is -0.145. The molecule has 1 heterocycles. The molecule has 2 N–H and O–H groups in total. The van der Waals surface area contributed by atoms with E-state index in [0.717, 1.165) is 19.4 Å². The highest BCUT2D eigenvalue weighted by Crippen LogP contribution is 2.20. The standard InChI is InChI=1S/C11H21NO3/c1-3-4-9(11(14)15)12-6-5-8(2)10(13)7-12/h8-10,13H,3-7H2,1-2H3,(H,14,15). The van der Waals surface area contributed by atoms with Crippen molar-refractivity contribution in [3.8, 4) is 0 Å². The molecule has 0 spiro atoms. The van der Waals surface area contributed by atoms with Crippen LogP contribution in [0.15, 0.2) is 0 Å². The van der Waals surface area contributed by atoms with Crippen molar-refractivity contribution in [3.05, 3.63) is 0 Å². The smallest absolute Gasteiger partial charge is 0.320 e. The SMILES string of the molecule is CCCC(C(=O)O)N1CCC(C)C(O)C1. The van der Waals surface area contributed by atoms with E-state index in [1.807, 2.05) is 18.7 Å². The van der Waals surface area contributed by atoms with Gasteiger partial charge >= 0.3 is 5.97 Å². The first-order valence-electron chi connectivity index (χ1n) is 5.71. The Morgan fingerprint density at radius 3 is 2.73 bits per heavy atom. The Bertz CT molecular complexity index is 220. The molecule has 88 valence electrons. The van der Waals surface area contributed by atoms with E-state index in [1.54, 1.807) is 0 Å². The molecule has 1 saturated heterocycles. The monoisotopic (exact) mass is 215 g/mol. The van der Waals surface area contributed by atoms with Gasteiger partial charge in [0.2, 0.25) is 0 Å². The number of β-amino-alcohol motifs (C(OH)–C–C–N with tert-alkyl or cyclic N) is 1. The summed E-state index contributed by atoms with van der Waals surface area (Å²) in [5, 5.41) is 18.8. The number of hydrogen-bond donors (Lipinski definition) is 2. The number of carbonyl (C=O) groups is 1. The predicted octanol–water partition coefficient (Wildman–Crippen LogP) is 0.942. The van der Waals surface area contributed by atoms with E-state index >= 15 is 0 Å². The molecule has 0 bridgehead atoms. The molecule has 15 heavy (non-hydrogen) atoms. The zero-order chi connectivity index (χ0) is 11.4. The molecule has 0 aliphatic carbocycles. The fourth-order valence-electron chi connectivity index (χ4n) is 2.09. The Morgan fingerprint density at radius 1 is 1.60 bits per heavy atom. The van der Waals surface area contributed by atoms with Crippen molar-refractivity contribution < 1.29 is 15.0 Å². The zero-order valence-corrected chi connectivity index (χ0v) is 9.52. The summed E-state index contributed by atoms with van der Waals surface area (Å²) in [5.74, 6) is -0.476. The summed E-state index contributed by atoms with van der Waals surface area (Å²) in [4.78, 5) is 13.0. The topological polar surface area (TPSA) is 60.8 Å². The van der Waals surface area contributed by atoms with Crippen LogP contribution in [0.5, 0.6) is 0 Å². The lowest BCUT2D eigenvalue weighted by atomic mass is 9.94. The second kappa shape index (κ2) is 5.47. The van der Waals surface area contributed by atoms with E-state index < -0.39 is 12.0 Å². The molecule has 0 aromatic carbocycles. The highest BCUT2D eigenvalue weighted by Gasteiger charge is 2.31. The molecule has 0 aromatic rings. The van der Waals surface area contributed by atoms with E-state index in [4.69, 9.17) is 5.11 Å². The van der Waals surface area contributed by atoms with Gasteiger partial charge in [-0.15, -0.1) is 0 Å². The van der Waals surface area contributed by atoms with Crippen LogP contribution in [0.25, 0.3) is 0 Å². The highest BCUT2D eigenvalue weighted by molar-refractivity contribution is 5.73. The number of rotatable bonds is 4. The molecule has 3 unspecified atom stereocenters. The van der Waals surface area contributed by atoms with Crippen LogP contribution in [0.1, 0.15) is 33.1 Å². The van der Waals surface area contributed by atoms with Crippen LogP contribution in [-0.2, 0) is 4.79 Å². The van der Waals surface area contributed by atoms with Crippen molar-refractivity contribution in [2.24, 2.45) is 5.92 Å². The van der Waals surface area contributed by atoms with Crippen LogP contribution < -0.4 is 0 Å². The van der Waals surface area contributed by atoms with Crippen molar-refractivity contribution in [2.75, 3.05) is 13.1 Å². The quantitative estimate of drug-likeness (QED) is 0.732. The molecule has 1 aliphatic heterocycles. The molecule has 1 rings (SSSR count). The van der Waals surface area contributed by atoms with Crippen LogP contribution in [0, 0.1) is 5.92 Å². The van der Waals surface area contributed by atoms with Crippen molar-refractivity contribution in [3.63, 3.8) is 0 Å². The molecular weight excluding hydrogens is 194 g/mol. The summed E-state index contributed by atoms with van der Waals surface area (Å²) < 4.78 is 0. The van der Waals surface area contributed by atoms with Gasteiger partial charge in [-0.25, -0.2) is 0 Å². The summed E-state index contributed by atoms with van der Waals surface area (Å²) in [6, 6.07) is -0.419. The molecule has 0 amide bonds. The van der Waals surface area contributed by atoms with E-state index in [1.165, 1.54) is 0 Å². The van der Waals surface area contributed by atoms with Crippen molar-refractivity contribution in [2.45, 2.75) is 45.3 Å². The van der Waals surface area contributed by atoms with E-state index in [-0.39, 0.29) is 12.0 Å². The van der Waals surface area contributed by atoms with Gasteiger partial charge in [-0.1, -0.05) is 20.3 Å². The second-order valence-electron chi connectivity index (χ2n) is 4.47. The average Bonchev–Trinajstić information content (AvgIpc) is 2.18. The number of aliphatic hydroxyl groups excluding tert-OH is 1. The molecule has 1 fully saturated rings. The van der Waals surface area contributed by atoms with E-state index in [2.05, 4.69) is 0 Å². The Morgan fingerprint density at radius 2 is 2.27 bits per heavy atom. The third-order valence-electron chi connectivity index (χ3n) is 3.24. The zero-order valence-electron chi connectivity index (χ0n) is 9.52. The van der Waals surface area contributed by atoms with Crippen molar-refractivity contribution in [1.82, 2.24) is 4.90 Å². The van der Waals surface area contributed by atoms with E-state index in [9.17, 15) is 9.90 Å². The minimum absolute atomic E-state index is 0.289. The highest BCUT2D eigenvalue weighted by atomic mass is 16.4.